The summed E-state index contributed by atoms with van der Waals surface area (Å²) < 4.78 is 2.98. The van der Waals surface area contributed by atoms with Crippen molar-refractivity contribution in [2.24, 2.45) is 0 Å². The summed E-state index contributed by atoms with van der Waals surface area (Å²) in [6, 6.07) is 9.76. The fourth-order valence-corrected chi connectivity index (χ4v) is 3.10. The second kappa shape index (κ2) is 3.87. The molecule has 0 aromatic carbocycles. The van der Waals surface area contributed by atoms with E-state index in [2.05, 4.69) is 20.9 Å². The van der Waals surface area contributed by atoms with Gasteiger partial charge in [-0.05, 0) is 40.2 Å². The Labute approximate surface area is 110 Å². The number of aromatic nitrogens is 2. The van der Waals surface area contributed by atoms with Gasteiger partial charge in [-0.25, -0.2) is 4.98 Å². The van der Waals surface area contributed by atoms with E-state index in [9.17, 15) is 0 Å². The van der Waals surface area contributed by atoms with Crippen LogP contribution in [0, 0.1) is 0 Å². The molecule has 3 aromatic rings. The van der Waals surface area contributed by atoms with E-state index in [0.717, 1.165) is 20.0 Å². The quantitative estimate of drug-likeness (QED) is 0.606. The van der Waals surface area contributed by atoms with E-state index in [0.29, 0.717) is 5.15 Å². The number of nitrogens with zero attached hydrogens (tertiary/aromatic N) is 2. The number of hydrogen-bond donors (Lipinski definition) is 0. The van der Waals surface area contributed by atoms with E-state index in [4.69, 9.17) is 11.6 Å². The van der Waals surface area contributed by atoms with Crippen LogP contribution in [0.2, 0.25) is 5.15 Å². The lowest BCUT2D eigenvalue weighted by atomic mass is 10.4. The number of imidazole rings is 1. The molecule has 3 aromatic heterocycles. The van der Waals surface area contributed by atoms with Crippen molar-refractivity contribution >= 4 is 44.5 Å². The number of pyridine rings is 1. The number of hydrogen-bond acceptors (Lipinski definition) is 2. The predicted octanol–water partition coefficient (Wildman–Crippen LogP) is 4.48. The highest BCUT2D eigenvalue weighted by Crippen LogP contribution is 2.31. The molecule has 0 unspecified atom stereocenters. The van der Waals surface area contributed by atoms with Gasteiger partial charge in [0.15, 0.2) is 0 Å². The Balaban J connectivity index is 2.22. The zero-order chi connectivity index (χ0) is 11.1. The second-order valence-corrected chi connectivity index (χ2v) is 6.16. The lowest BCUT2D eigenvalue weighted by Gasteiger charge is -1.93. The molecule has 0 atom stereocenters. The van der Waals surface area contributed by atoms with E-state index < -0.39 is 0 Å². The predicted molar refractivity (Wildman–Crippen MR) is 71.2 cm³/mol. The molecule has 0 bridgehead atoms. The molecule has 0 amide bonds. The van der Waals surface area contributed by atoms with Gasteiger partial charge >= 0.3 is 0 Å². The van der Waals surface area contributed by atoms with E-state index >= 15 is 0 Å². The lowest BCUT2D eigenvalue weighted by molar-refractivity contribution is 1.19. The molecular formula is C11H6BrClN2S. The minimum atomic E-state index is 0.673. The van der Waals surface area contributed by atoms with Gasteiger partial charge in [0, 0.05) is 6.20 Å². The Hall–Kier alpha value is -0.840. The van der Waals surface area contributed by atoms with Gasteiger partial charge in [0.05, 0.1) is 14.4 Å². The van der Waals surface area contributed by atoms with Gasteiger partial charge < -0.3 is 0 Å². The Kier molecular flexibility index (Phi) is 2.50. The fourth-order valence-electron chi connectivity index (χ4n) is 1.55. The van der Waals surface area contributed by atoms with Gasteiger partial charge in [0.25, 0.3) is 0 Å². The summed E-state index contributed by atoms with van der Waals surface area (Å²) in [5, 5.41) is 0.673. The van der Waals surface area contributed by atoms with Crippen LogP contribution in [0.15, 0.2) is 40.3 Å². The van der Waals surface area contributed by atoms with Crippen LogP contribution in [0.3, 0.4) is 0 Å². The summed E-state index contributed by atoms with van der Waals surface area (Å²) >= 11 is 11.2. The minimum absolute atomic E-state index is 0.673. The summed E-state index contributed by atoms with van der Waals surface area (Å²) in [7, 11) is 0. The van der Waals surface area contributed by atoms with Crippen molar-refractivity contribution in [2.75, 3.05) is 0 Å². The first kappa shape index (κ1) is 10.3. The topological polar surface area (TPSA) is 17.3 Å². The molecule has 0 fully saturated rings. The molecule has 0 radical (unpaired) electrons. The third-order valence-corrected chi connectivity index (χ3v) is 4.22. The monoisotopic (exact) mass is 312 g/mol. The smallest absolute Gasteiger partial charge is 0.138 e. The van der Waals surface area contributed by atoms with Crippen molar-refractivity contribution in [1.82, 2.24) is 9.38 Å². The Morgan fingerprint density at radius 2 is 2.12 bits per heavy atom. The normalized spacial score (nSPS) is 11.1. The average molecular weight is 314 g/mol. The molecule has 80 valence electrons. The maximum absolute atomic E-state index is 6.08. The van der Waals surface area contributed by atoms with Crippen LogP contribution >= 0.6 is 38.9 Å². The average Bonchev–Trinajstić information content (AvgIpc) is 2.84. The van der Waals surface area contributed by atoms with E-state index in [1.807, 2.05) is 40.9 Å². The molecule has 16 heavy (non-hydrogen) atoms. The molecule has 0 saturated carbocycles. The zero-order valence-corrected chi connectivity index (χ0v) is 11.2. The van der Waals surface area contributed by atoms with Gasteiger partial charge in [0.1, 0.15) is 10.8 Å². The number of fused-ring (bicyclic) bond motifs is 1. The molecule has 0 saturated heterocycles. The highest BCUT2D eigenvalue weighted by atomic mass is 79.9. The third kappa shape index (κ3) is 1.67. The van der Waals surface area contributed by atoms with Gasteiger partial charge in [-0.1, -0.05) is 17.7 Å². The van der Waals surface area contributed by atoms with Crippen molar-refractivity contribution in [3.05, 3.63) is 45.5 Å². The summed E-state index contributed by atoms with van der Waals surface area (Å²) in [6.45, 7) is 0. The molecular weight excluding hydrogens is 308 g/mol. The maximum Gasteiger partial charge on any atom is 0.138 e. The Bertz CT molecular complexity index is 659. The first-order chi connectivity index (χ1) is 7.74. The van der Waals surface area contributed by atoms with Crippen molar-refractivity contribution in [3.63, 3.8) is 0 Å². The van der Waals surface area contributed by atoms with Gasteiger partial charge in [-0.15, -0.1) is 11.3 Å². The highest BCUT2D eigenvalue weighted by molar-refractivity contribution is 9.11. The number of rotatable bonds is 1. The van der Waals surface area contributed by atoms with Gasteiger partial charge in [-0.2, -0.15) is 0 Å². The van der Waals surface area contributed by atoms with Gasteiger partial charge in [-0.3, -0.25) is 4.40 Å². The molecule has 5 heteroatoms. The van der Waals surface area contributed by atoms with E-state index in [1.54, 1.807) is 11.3 Å². The first-order valence-electron chi connectivity index (χ1n) is 4.63. The Morgan fingerprint density at radius 3 is 2.81 bits per heavy atom. The number of halogens is 2. The Morgan fingerprint density at radius 1 is 1.25 bits per heavy atom. The molecule has 0 aliphatic carbocycles. The molecule has 0 aliphatic heterocycles. The summed E-state index contributed by atoms with van der Waals surface area (Å²) in [5.41, 5.74) is 1.82. The van der Waals surface area contributed by atoms with Crippen molar-refractivity contribution < 1.29 is 0 Å². The van der Waals surface area contributed by atoms with Crippen LogP contribution in [0.5, 0.6) is 0 Å². The molecule has 0 spiro atoms. The second-order valence-electron chi connectivity index (χ2n) is 3.31. The zero-order valence-electron chi connectivity index (χ0n) is 8.02. The molecule has 0 aliphatic rings. The van der Waals surface area contributed by atoms with Crippen molar-refractivity contribution in [2.45, 2.75) is 0 Å². The molecule has 3 rings (SSSR count). The number of thiophene rings is 1. The molecule has 0 N–H and O–H groups in total. The summed E-state index contributed by atoms with van der Waals surface area (Å²) in [6.07, 6.45) is 1.95. The van der Waals surface area contributed by atoms with Crippen LogP contribution in [0.25, 0.3) is 16.2 Å². The summed E-state index contributed by atoms with van der Waals surface area (Å²) in [4.78, 5) is 5.66. The fraction of sp³-hybridized carbons (Fsp3) is 0. The first-order valence-corrected chi connectivity index (χ1v) is 6.62. The third-order valence-electron chi connectivity index (χ3n) is 2.27. The van der Waals surface area contributed by atoms with Crippen LogP contribution in [0.4, 0.5) is 0 Å². The lowest BCUT2D eigenvalue weighted by Crippen LogP contribution is -1.82. The largest absolute Gasteiger partial charge is 0.290 e. The van der Waals surface area contributed by atoms with Crippen LogP contribution in [-0.4, -0.2) is 9.38 Å². The molecule has 3 heterocycles. The van der Waals surface area contributed by atoms with Gasteiger partial charge in [0.2, 0.25) is 0 Å². The summed E-state index contributed by atoms with van der Waals surface area (Å²) in [5.74, 6) is 0. The van der Waals surface area contributed by atoms with Crippen LogP contribution in [-0.2, 0) is 0 Å². The minimum Gasteiger partial charge on any atom is -0.290 e. The van der Waals surface area contributed by atoms with Crippen LogP contribution < -0.4 is 0 Å². The maximum atomic E-state index is 6.08. The highest BCUT2D eigenvalue weighted by Gasteiger charge is 2.07. The van der Waals surface area contributed by atoms with Crippen molar-refractivity contribution in [1.29, 1.82) is 0 Å². The molecule has 2 nitrogen and oxygen atoms in total. The SMILES string of the molecule is Clc1cccc2nc(-c3ccc(Br)s3)cn12. The van der Waals surface area contributed by atoms with E-state index in [1.165, 1.54) is 0 Å². The standard InChI is InChI=1S/C11H6BrClN2S/c12-9-5-4-8(16-9)7-6-15-10(13)2-1-3-11(15)14-7/h1-6H. The van der Waals surface area contributed by atoms with E-state index in [-0.39, 0.29) is 0 Å². The van der Waals surface area contributed by atoms with Crippen molar-refractivity contribution in [3.8, 4) is 10.6 Å². The van der Waals surface area contributed by atoms with Crippen LogP contribution in [0.1, 0.15) is 0 Å².